The van der Waals surface area contributed by atoms with Gasteiger partial charge in [-0.3, -0.25) is 4.68 Å². The Balaban J connectivity index is 2.00. The lowest BCUT2D eigenvalue weighted by Gasteiger charge is -2.10. The molecular weight excluding hydrogens is 255 g/mol. The zero-order chi connectivity index (χ0) is 13.1. The van der Waals surface area contributed by atoms with Crippen molar-refractivity contribution in [2.45, 2.75) is 18.9 Å². The molecule has 1 unspecified atom stereocenters. The summed E-state index contributed by atoms with van der Waals surface area (Å²) in [5, 5.41) is 14.4. The molecule has 1 aromatic heterocycles. The maximum absolute atomic E-state index is 12.9. The number of hydrogen-bond donors (Lipinski definition) is 1. The lowest BCUT2D eigenvalue weighted by Crippen LogP contribution is -2.14. The van der Waals surface area contributed by atoms with Gasteiger partial charge in [-0.1, -0.05) is 17.7 Å². The van der Waals surface area contributed by atoms with Crippen LogP contribution in [0, 0.1) is 5.82 Å². The molecule has 18 heavy (non-hydrogen) atoms. The van der Waals surface area contributed by atoms with E-state index in [1.807, 2.05) is 13.2 Å². The van der Waals surface area contributed by atoms with Crippen molar-refractivity contribution < 1.29 is 9.50 Å². The van der Waals surface area contributed by atoms with Crippen LogP contribution < -0.4 is 0 Å². The number of rotatable bonds is 4. The summed E-state index contributed by atoms with van der Waals surface area (Å²) >= 11 is 5.91. The summed E-state index contributed by atoms with van der Waals surface area (Å²) < 4.78 is 14.6. The van der Waals surface area contributed by atoms with Gasteiger partial charge >= 0.3 is 0 Å². The van der Waals surface area contributed by atoms with E-state index in [4.69, 9.17) is 11.6 Å². The SMILES string of the molecule is Cn1cc(CC(O)Cc2ccc(F)cc2Cl)cn1. The molecule has 0 saturated carbocycles. The molecule has 0 amide bonds. The number of hydrogen-bond acceptors (Lipinski definition) is 2. The minimum absolute atomic E-state index is 0.347. The van der Waals surface area contributed by atoms with E-state index >= 15 is 0 Å². The predicted molar refractivity (Wildman–Crippen MR) is 68.0 cm³/mol. The fourth-order valence-corrected chi connectivity index (χ4v) is 2.11. The Labute approximate surface area is 110 Å². The van der Waals surface area contributed by atoms with Crippen LogP contribution >= 0.6 is 11.6 Å². The van der Waals surface area contributed by atoms with E-state index in [9.17, 15) is 9.50 Å². The van der Waals surface area contributed by atoms with Crippen LogP contribution in [0.3, 0.4) is 0 Å². The van der Waals surface area contributed by atoms with Gasteiger partial charge in [0, 0.05) is 31.1 Å². The van der Waals surface area contributed by atoms with Crippen LogP contribution in [0.5, 0.6) is 0 Å². The zero-order valence-electron chi connectivity index (χ0n) is 9.98. The molecule has 3 nitrogen and oxygen atoms in total. The van der Waals surface area contributed by atoms with Gasteiger partial charge in [-0.25, -0.2) is 4.39 Å². The highest BCUT2D eigenvalue weighted by Gasteiger charge is 2.11. The van der Waals surface area contributed by atoms with Crippen molar-refractivity contribution in [2.24, 2.45) is 7.05 Å². The van der Waals surface area contributed by atoms with Crippen LogP contribution in [0.1, 0.15) is 11.1 Å². The monoisotopic (exact) mass is 268 g/mol. The van der Waals surface area contributed by atoms with Crippen LogP contribution in [0.15, 0.2) is 30.6 Å². The lowest BCUT2D eigenvalue weighted by molar-refractivity contribution is 0.175. The summed E-state index contributed by atoms with van der Waals surface area (Å²) in [5.74, 6) is -0.370. The molecule has 0 saturated heterocycles. The first kappa shape index (κ1) is 13.1. The number of benzene rings is 1. The molecule has 0 aliphatic rings. The minimum Gasteiger partial charge on any atom is -0.392 e. The largest absolute Gasteiger partial charge is 0.392 e. The molecular formula is C13H14ClFN2O. The Kier molecular flexibility index (Phi) is 3.99. The maximum atomic E-state index is 12.9. The predicted octanol–water partition coefficient (Wildman–Crippen LogP) is 2.36. The Bertz CT molecular complexity index is 542. The molecule has 2 aromatic rings. The van der Waals surface area contributed by atoms with Crippen LogP contribution in [0.25, 0.3) is 0 Å². The van der Waals surface area contributed by atoms with E-state index in [1.54, 1.807) is 16.9 Å². The van der Waals surface area contributed by atoms with E-state index in [1.165, 1.54) is 12.1 Å². The Morgan fingerprint density at radius 2 is 2.22 bits per heavy atom. The van der Waals surface area contributed by atoms with Gasteiger partial charge in [-0.2, -0.15) is 5.10 Å². The van der Waals surface area contributed by atoms with Crippen molar-refractivity contribution in [3.05, 3.63) is 52.6 Å². The summed E-state index contributed by atoms with van der Waals surface area (Å²) in [5.41, 5.74) is 1.71. The van der Waals surface area contributed by atoms with Crippen molar-refractivity contribution in [1.29, 1.82) is 0 Å². The first-order chi connectivity index (χ1) is 8.54. The Morgan fingerprint density at radius 1 is 1.44 bits per heavy atom. The van der Waals surface area contributed by atoms with Crippen LogP contribution in [0.2, 0.25) is 5.02 Å². The molecule has 2 rings (SSSR count). The number of aryl methyl sites for hydroxylation is 1. The highest BCUT2D eigenvalue weighted by molar-refractivity contribution is 6.31. The average Bonchev–Trinajstić information content (AvgIpc) is 2.68. The zero-order valence-corrected chi connectivity index (χ0v) is 10.7. The second kappa shape index (κ2) is 5.50. The van der Waals surface area contributed by atoms with Gasteiger partial charge in [-0.15, -0.1) is 0 Å². The van der Waals surface area contributed by atoms with E-state index in [0.717, 1.165) is 11.1 Å². The lowest BCUT2D eigenvalue weighted by atomic mass is 10.0. The van der Waals surface area contributed by atoms with Gasteiger partial charge in [-0.05, 0) is 23.3 Å². The van der Waals surface area contributed by atoms with Crippen LogP contribution in [-0.2, 0) is 19.9 Å². The van der Waals surface area contributed by atoms with Crippen molar-refractivity contribution in [3.8, 4) is 0 Å². The van der Waals surface area contributed by atoms with Crippen molar-refractivity contribution >= 4 is 11.6 Å². The second-order valence-corrected chi connectivity index (χ2v) is 4.73. The summed E-state index contributed by atoms with van der Waals surface area (Å²) in [6.07, 6.45) is 3.91. The van der Waals surface area contributed by atoms with Gasteiger partial charge in [0.1, 0.15) is 5.82 Å². The molecule has 0 spiro atoms. The molecule has 96 valence electrons. The summed E-state index contributed by atoms with van der Waals surface area (Å²) in [7, 11) is 1.83. The number of aromatic nitrogens is 2. The van der Waals surface area contributed by atoms with E-state index in [2.05, 4.69) is 5.10 Å². The van der Waals surface area contributed by atoms with Gasteiger partial charge in [0.25, 0.3) is 0 Å². The van der Waals surface area contributed by atoms with E-state index in [0.29, 0.717) is 17.9 Å². The molecule has 0 aliphatic carbocycles. The highest BCUT2D eigenvalue weighted by atomic mass is 35.5. The summed E-state index contributed by atoms with van der Waals surface area (Å²) in [4.78, 5) is 0. The molecule has 1 aromatic carbocycles. The van der Waals surface area contributed by atoms with Gasteiger partial charge < -0.3 is 5.11 Å². The fourth-order valence-electron chi connectivity index (χ4n) is 1.86. The maximum Gasteiger partial charge on any atom is 0.124 e. The van der Waals surface area contributed by atoms with Gasteiger partial charge in [0.2, 0.25) is 0 Å². The molecule has 0 bridgehead atoms. The summed E-state index contributed by atoms with van der Waals surface area (Å²) in [6, 6.07) is 4.20. The normalized spacial score (nSPS) is 12.7. The van der Waals surface area contributed by atoms with Gasteiger partial charge in [0.15, 0.2) is 0 Å². The number of aliphatic hydroxyl groups excluding tert-OH is 1. The number of nitrogens with zero attached hydrogens (tertiary/aromatic N) is 2. The first-order valence-corrected chi connectivity index (χ1v) is 6.02. The Hall–Kier alpha value is -1.39. The Morgan fingerprint density at radius 3 is 2.83 bits per heavy atom. The number of halogens is 2. The smallest absolute Gasteiger partial charge is 0.124 e. The van der Waals surface area contributed by atoms with Crippen molar-refractivity contribution in [3.63, 3.8) is 0 Å². The molecule has 1 N–H and O–H groups in total. The third kappa shape index (κ3) is 3.31. The number of aliphatic hydroxyl groups is 1. The molecule has 0 radical (unpaired) electrons. The van der Waals surface area contributed by atoms with Gasteiger partial charge in [0.05, 0.1) is 12.3 Å². The second-order valence-electron chi connectivity index (χ2n) is 4.32. The van der Waals surface area contributed by atoms with Crippen molar-refractivity contribution in [2.75, 3.05) is 0 Å². The summed E-state index contributed by atoms with van der Waals surface area (Å²) in [6.45, 7) is 0. The topological polar surface area (TPSA) is 38.0 Å². The molecule has 1 heterocycles. The quantitative estimate of drug-likeness (QED) is 0.924. The molecule has 5 heteroatoms. The standard InChI is InChI=1S/C13H14ClFN2O/c1-17-8-9(7-16-17)4-12(18)5-10-2-3-11(15)6-13(10)14/h2-3,6-8,12,18H,4-5H2,1H3. The average molecular weight is 269 g/mol. The third-order valence-corrected chi connectivity index (χ3v) is 3.05. The van der Waals surface area contributed by atoms with Crippen molar-refractivity contribution in [1.82, 2.24) is 9.78 Å². The minimum atomic E-state index is -0.558. The van der Waals surface area contributed by atoms with E-state index < -0.39 is 6.10 Å². The third-order valence-electron chi connectivity index (χ3n) is 2.70. The van der Waals surface area contributed by atoms with Crippen LogP contribution in [0.4, 0.5) is 4.39 Å². The highest BCUT2D eigenvalue weighted by Crippen LogP contribution is 2.19. The van der Waals surface area contributed by atoms with E-state index in [-0.39, 0.29) is 5.82 Å². The first-order valence-electron chi connectivity index (χ1n) is 5.64. The molecule has 0 aliphatic heterocycles. The molecule has 0 fully saturated rings. The van der Waals surface area contributed by atoms with Crippen LogP contribution in [-0.4, -0.2) is 21.0 Å². The fraction of sp³-hybridized carbons (Fsp3) is 0.308. The molecule has 1 atom stereocenters.